The van der Waals surface area contributed by atoms with Crippen LogP contribution in [0.3, 0.4) is 0 Å². The van der Waals surface area contributed by atoms with Crippen molar-refractivity contribution in [3.63, 3.8) is 0 Å². The monoisotopic (exact) mass is 413 g/mol. The molecule has 1 N–H and O–H groups in total. The van der Waals surface area contributed by atoms with Crippen molar-refractivity contribution < 1.29 is 19.1 Å². The number of nitrogens with zero attached hydrogens (tertiary/aromatic N) is 2. The summed E-state index contributed by atoms with van der Waals surface area (Å²) in [4.78, 5) is 38.5. The number of amides is 3. The topological polar surface area (TPSA) is 80.6 Å². The number of thioether (sulfide) groups is 1. The zero-order chi connectivity index (χ0) is 20.4. The zero-order valence-electron chi connectivity index (χ0n) is 16.2. The van der Waals surface area contributed by atoms with Crippen LogP contribution in [0.25, 0.3) is 17.0 Å². The number of rotatable bonds is 6. The molecule has 4 rings (SSSR count). The van der Waals surface area contributed by atoms with Gasteiger partial charge in [0.15, 0.2) is 0 Å². The van der Waals surface area contributed by atoms with Gasteiger partial charge in [-0.2, -0.15) is 0 Å². The van der Waals surface area contributed by atoms with Crippen molar-refractivity contribution in [1.82, 2.24) is 14.8 Å². The number of carbonyl (C=O) groups excluding carboxylic acids is 3. The SMILES string of the molecule is CCN1C(=O)S/C(=C\c2cn(CC(=O)NC[C@H]3CCCO3)c3ccccc23)C1=O. The number of fused-ring (bicyclic) bond motifs is 1. The highest BCUT2D eigenvalue weighted by Crippen LogP contribution is 2.33. The van der Waals surface area contributed by atoms with Gasteiger partial charge in [0.2, 0.25) is 5.91 Å². The van der Waals surface area contributed by atoms with Crippen LogP contribution in [-0.4, -0.2) is 52.3 Å². The van der Waals surface area contributed by atoms with Gasteiger partial charge in [-0.05, 0) is 43.7 Å². The Morgan fingerprint density at radius 1 is 1.34 bits per heavy atom. The van der Waals surface area contributed by atoms with Crippen LogP contribution in [0.1, 0.15) is 25.3 Å². The number of hydrogen-bond acceptors (Lipinski definition) is 5. The number of para-hydroxylation sites is 1. The van der Waals surface area contributed by atoms with Crippen molar-refractivity contribution in [1.29, 1.82) is 0 Å². The number of imide groups is 1. The second-order valence-corrected chi connectivity index (χ2v) is 8.09. The van der Waals surface area contributed by atoms with Gasteiger partial charge in [-0.3, -0.25) is 19.3 Å². The highest BCUT2D eigenvalue weighted by molar-refractivity contribution is 8.18. The minimum absolute atomic E-state index is 0.0842. The minimum atomic E-state index is -0.270. The molecule has 0 radical (unpaired) electrons. The van der Waals surface area contributed by atoms with Crippen LogP contribution in [0.15, 0.2) is 35.4 Å². The third-order valence-electron chi connectivity index (χ3n) is 5.16. The molecule has 2 saturated heterocycles. The van der Waals surface area contributed by atoms with Crippen molar-refractivity contribution in [2.75, 3.05) is 19.7 Å². The van der Waals surface area contributed by atoms with Crippen molar-refractivity contribution in [3.8, 4) is 0 Å². The van der Waals surface area contributed by atoms with E-state index in [1.165, 1.54) is 4.90 Å². The highest BCUT2D eigenvalue weighted by Gasteiger charge is 2.33. The first-order chi connectivity index (χ1) is 14.1. The van der Waals surface area contributed by atoms with Gasteiger partial charge in [0.1, 0.15) is 6.54 Å². The van der Waals surface area contributed by atoms with E-state index in [4.69, 9.17) is 4.74 Å². The summed E-state index contributed by atoms with van der Waals surface area (Å²) in [5, 5.41) is 3.62. The molecule has 7 nitrogen and oxygen atoms in total. The van der Waals surface area contributed by atoms with Crippen LogP contribution in [0.5, 0.6) is 0 Å². The predicted molar refractivity (Wildman–Crippen MR) is 112 cm³/mol. The van der Waals surface area contributed by atoms with Crippen LogP contribution in [0.4, 0.5) is 4.79 Å². The Hall–Kier alpha value is -2.58. The van der Waals surface area contributed by atoms with Gasteiger partial charge in [-0.1, -0.05) is 18.2 Å². The van der Waals surface area contributed by atoms with Crippen LogP contribution in [0, 0.1) is 0 Å². The molecule has 8 heteroatoms. The van der Waals surface area contributed by atoms with Crippen molar-refractivity contribution in [3.05, 3.63) is 40.9 Å². The van der Waals surface area contributed by atoms with Gasteiger partial charge < -0.3 is 14.6 Å². The Bertz CT molecular complexity index is 991. The zero-order valence-corrected chi connectivity index (χ0v) is 17.0. The summed E-state index contributed by atoms with van der Waals surface area (Å²) >= 11 is 0.951. The average molecular weight is 413 g/mol. The fourth-order valence-corrected chi connectivity index (χ4v) is 4.57. The van der Waals surface area contributed by atoms with Crippen molar-refractivity contribution >= 4 is 45.8 Å². The average Bonchev–Trinajstić information content (AvgIpc) is 3.41. The molecule has 0 bridgehead atoms. The van der Waals surface area contributed by atoms with Gasteiger partial charge in [0.25, 0.3) is 11.1 Å². The summed E-state index contributed by atoms with van der Waals surface area (Å²) in [5.74, 6) is -0.354. The van der Waals surface area contributed by atoms with E-state index in [1.807, 2.05) is 35.0 Å². The number of ether oxygens (including phenoxy) is 1. The summed E-state index contributed by atoms with van der Waals surface area (Å²) in [6, 6.07) is 7.72. The molecule has 1 aromatic carbocycles. The lowest BCUT2D eigenvalue weighted by molar-refractivity contribution is -0.123. The maximum Gasteiger partial charge on any atom is 0.293 e. The van der Waals surface area contributed by atoms with E-state index in [0.717, 1.165) is 47.7 Å². The maximum atomic E-state index is 12.4. The molecule has 0 unspecified atom stereocenters. The molecule has 3 heterocycles. The number of benzene rings is 1. The molecular formula is C21H23N3O4S. The first-order valence-electron chi connectivity index (χ1n) is 9.78. The molecule has 0 saturated carbocycles. The molecule has 1 atom stereocenters. The molecule has 29 heavy (non-hydrogen) atoms. The molecule has 152 valence electrons. The van der Waals surface area contributed by atoms with Crippen LogP contribution < -0.4 is 5.32 Å². The number of likely N-dealkylation sites (N-methyl/N-ethyl adjacent to an activating group) is 1. The molecule has 2 aromatic rings. The lowest BCUT2D eigenvalue weighted by Crippen LogP contribution is -2.34. The van der Waals surface area contributed by atoms with Crippen LogP contribution >= 0.6 is 11.8 Å². The van der Waals surface area contributed by atoms with Crippen LogP contribution in [-0.2, 0) is 20.9 Å². The summed E-state index contributed by atoms with van der Waals surface area (Å²) < 4.78 is 7.41. The summed E-state index contributed by atoms with van der Waals surface area (Å²) in [6.45, 7) is 3.59. The van der Waals surface area contributed by atoms with E-state index in [0.29, 0.717) is 18.0 Å². The fraction of sp³-hybridized carbons (Fsp3) is 0.381. The standard InChI is InChI=1S/C21H23N3O4S/c1-2-24-20(26)18(29-21(24)27)10-14-12-23(17-8-4-3-7-16(14)17)13-19(25)22-11-15-6-5-9-28-15/h3-4,7-8,10,12,15H,2,5-6,9,11,13H2,1H3,(H,22,25)/b18-10-/t15-/m1/s1. The van der Waals surface area contributed by atoms with Crippen molar-refractivity contribution in [2.45, 2.75) is 32.4 Å². The molecule has 2 aliphatic rings. The van der Waals surface area contributed by atoms with Gasteiger partial charge in [0.05, 0.1) is 11.0 Å². The molecule has 1 aromatic heterocycles. The van der Waals surface area contributed by atoms with E-state index in [1.54, 1.807) is 13.0 Å². The minimum Gasteiger partial charge on any atom is -0.376 e. The summed E-state index contributed by atoms with van der Waals surface area (Å²) in [6.07, 6.45) is 5.71. The molecular weight excluding hydrogens is 390 g/mol. The second kappa shape index (κ2) is 8.42. The first kappa shape index (κ1) is 19.7. The maximum absolute atomic E-state index is 12.4. The molecule has 0 spiro atoms. The van der Waals surface area contributed by atoms with Crippen LogP contribution in [0.2, 0.25) is 0 Å². The Balaban J connectivity index is 1.55. The number of nitrogens with one attached hydrogen (secondary N) is 1. The third kappa shape index (κ3) is 4.09. The van der Waals surface area contributed by atoms with Crippen molar-refractivity contribution in [2.24, 2.45) is 0 Å². The Morgan fingerprint density at radius 2 is 2.17 bits per heavy atom. The van der Waals surface area contributed by atoms with Gasteiger partial charge in [-0.15, -0.1) is 0 Å². The summed E-state index contributed by atoms with van der Waals surface area (Å²) in [7, 11) is 0. The largest absolute Gasteiger partial charge is 0.376 e. The van der Waals surface area contributed by atoms with E-state index in [2.05, 4.69) is 5.32 Å². The van der Waals surface area contributed by atoms with E-state index >= 15 is 0 Å². The predicted octanol–water partition coefficient (Wildman–Crippen LogP) is 2.99. The van der Waals surface area contributed by atoms with E-state index in [9.17, 15) is 14.4 Å². The Labute approximate surface area is 173 Å². The van der Waals surface area contributed by atoms with E-state index < -0.39 is 0 Å². The lowest BCUT2D eigenvalue weighted by Gasteiger charge is -2.11. The molecule has 2 fully saturated rings. The molecule has 0 aliphatic carbocycles. The molecule has 3 amide bonds. The smallest absolute Gasteiger partial charge is 0.293 e. The number of carbonyl (C=O) groups is 3. The first-order valence-corrected chi connectivity index (χ1v) is 10.6. The number of aromatic nitrogens is 1. The van der Waals surface area contributed by atoms with Gasteiger partial charge >= 0.3 is 0 Å². The third-order valence-corrected chi connectivity index (χ3v) is 6.07. The van der Waals surface area contributed by atoms with Gasteiger partial charge in [0, 0.05) is 42.4 Å². The Morgan fingerprint density at radius 3 is 2.90 bits per heavy atom. The number of hydrogen-bond donors (Lipinski definition) is 1. The normalized spacial score (nSPS) is 20.9. The fourth-order valence-electron chi connectivity index (χ4n) is 3.68. The lowest BCUT2D eigenvalue weighted by atomic mass is 10.1. The second-order valence-electron chi connectivity index (χ2n) is 7.09. The van der Waals surface area contributed by atoms with Gasteiger partial charge in [-0.25, -0.2) is 0 Å². The highest BCUT2D eigenvalue weighted by atomic mass is 32.2. The van der Waals surface area contributed by atoms with E-state index in [-0.39, 0.29) is 29.7 Å². The Kier molecular flexibility index (Phi) is 5.73. The quantitative estimate of drug-likeness (QED) is 0.737. The summed E-state index contributed by atoms with van der Waals surface area (Å²) in [5.41, 5.74) is 1.72. The molecule has 2 aliphatic heterocycles.